The lowest BCUT2D eigenvalue weighted by molar-refractivity contribution is 0.499. The third-order valence-electron chi connectivity index (χ3n) is 3.68. The number of anilines is 3. The Morgan fingerprint density at radius 2 is 1.60 bits per heavy atom. The summed E-state index contributed by atoms with van der Waals surface area (Å²) in [6.45, 7) is 12.3. The van der Waals surface area contributed by atoms with Crippen molar-refractivity contribution in [2.45, 2.75) is 40.7 Å². The number of hydrogen-bond acceptors (Lipinski definition) is 7. The second-order valence-electron chi connectivity index (χ2n) is 5.17. The molecule has 0 fully saturated rings. The quantitative estimate of drug-likeness (QED) is 0.578. The standard InChI is InChI=1S/C13H27N7/c1-7-20(8-2)13-16-11(18-14)15-12(17-13)19(6)10(5)9(3)4/h9-10H,7-8,14H2,1-6H3,(H,15,16,17,18). The minimum atomic E-state index is 0.326. The van der Waals surface area contributed by atoms with Gasteiger partial charge in [-0.3, -0.25) is 5.43 Å². The maximum Gasteiger partial charge on any atom is 0.243 e. The van der Waals surface area contributed by atoms with E-state index in [-0.39, 0.29) is 0 Å². The normalized spacial score (nSPS) is 12.4. The SMILES string of the molecule is CCN(CC)c1nc(NN)nc(N(C)C(C)C(C)C)n1. The summed E-state index contributed by atoms with van der Waals surface area (Å²) in [4.78, 5) is 17.4. The number of nitrogen functional groups attached to an aromatic ring is 1. The van der Waals surface area contributed by atoms with E-state index in [2.05, 4.69) is 64.8 Å². The average molecular weight is 281 g/mol. The molecule has 0 saturated carbocycles. The lowest BCUT2D eigenvalue weighted by Gasteiger charge is -2.29. The van der Waals surface area contributed by atoms with Crippen molar-refractivity contribution in [3.63, 3.8) is 0 Å². The molecule has 1 atom stereocenters. The van der Waals surface area contributed by atoms with Gasteiger partial charge in [0.05, 0.1) is 0 Å². The van der Waals surface area contributed by atoms with E-state index in [1.807, 2.05) is 7.05 Å². The van der Waals surface area contributed by atoms with Gasteiger partial charge in [-0.2, -0.15) is 15.0 Å². The van der Waals surface area contributed by atoms with Crippen LogP contribution in [0.25, 0.3) is 0 Å². The Bertz CT molecular complexity index is 417. The van der Waals surface area contributed by atoms with Gasteiger partial charge < -0.3 is 9.80 Å². The average Bonchev–Trinajstić information content (AvgIpc) is 2.46. The molecule has 0 radical (unpaired) electrons. The molecular weight excluding hydrogens is 254 g/mol. The number of hydrazine groups is 1. The van der Waals surface area contributed by atoms with E-state index < -0.39 is 0 Å². The number of nitrogens with zero attached hydrogens (tertiary/aromatic N) is 5. The van der Waals surface area contributed by atoms with E-state index in [1.165, 1.54) is 0 Å². The second kappa shape index (κ2) is 7.23. The molecule has 0 aromatic carbocycles. The minimum Gasteiger partial charge on any atom is -0.341 e. The van der Waals surface area contributed by atoms with E-state index >= 15 is 0 Å². The molecule has 0 spiro atoms. The molecule has 1 aromatic heterocycles. The van der Waals surface area contributed by atoms with Crippen molar-refractivity contribution in [3.8, 4) is 0 Å². The number of rotatable bonds is 7. The summed E-state index contributed by atoms with van der Waals surface area (Å²) in [7, 11) is 1.99. The monoisotopic (exact) mass is 281 g/mol. The van der Waals surface area contributed by atoms with E-state index in [0.717, 1.165) is 13.1 Å². The van der Waals surface area contributed by atoms with Crippen LogP contribution in [0.3, 0.4) is 0 Å². The number of nitrogens with two attached hydrogens (primary N) is 1. The molecule has 1 unspecified atom stereocenters. The number of nitrogens with one attached hydrogen (secondary N) is 1. The molecule has 1 rings (SSSR count). The van der Waals surface area contributed by atoms with Crippen molar-refractivity contribution in [1.29, 1.82) is 0 Å². The smallest absolute Gasteiger partial charge is 0.243 e. The third kappa shape index (κ3) is 3.69. The molecule has 1 heterocycles. The minimum absolute atomic E-state index is 0.326. The molecule has 0 aliphatic carbocycles. The van der Waals surface area contributed by atoms with Gasteiger partial charge in [-0.25, -0.2) is 5.84 Å². The highest BCUT2D eigenvalue weighted by molar-refractivity contribution is 5.44. The highest BCUT2D eigenvalue weighted by atomic mass is 15.4. The van der Waals surface area contributed by atoms with E-state index in [9.17, 15) is 0 Å². The molecule has 1 aromatic rings. The Hall–Kier alpha value is -1.63. The molecule has 0 bridgehead atoms. The summed E-state index contributed by atoms with van der Waals surface area (Å²) in [5.41, 5.74) is 2.52. The largest absolute Gasteiger partial charge is 0.341 e. The van der Waals surface area contributed by atoms with Crippen molar-refractivity contribution in [3.05, 3.63) is 0 Å². The fourth-order valence-electron chi connectivity index (χ4n) is 1.85. The Morgan fingerprint density at radius 3 is 2.05 bits per heavy atom. The highest BCUT2D eigenvalue weighted by Gasteiger charge is 2.19. The first kappa shape index (κ1) is 16.4. The molecule has 0 aliphatic rings. The van der Waals surface area contributed by atoms with Crippen LogP contribution in [0.4, 0.5) is 17.8 Å². The maximum absolute atomic E-state index is 5.47. The topological polar surface area (TPSA) is 83.2 Å². The zero-order chi connectivity index (χ0) is 15.3. The lowest BCUT2D eigenvalue weighted by atomic mass is 10.1. The molecule has 0 saturated heterocycles. The summed E-state index contributed by atoms with van der Waals surface area (Å²) in [6, 6.07) is 0.326. The predicted octanol–water partition coefficient (Wildman–Crippen LogP) is 1.48. The predicted molar refractivity (Wildman–Crippen MR) is 83.9 cm³/mol. The van der Waals surface area contributed by atoms with Crippen molar-refractivity contribution in [1.82, 2.24) is 15.0 Å². The molecule has 7 heteroatoms. The number of hydrogen-bond donors (Lipinski definition) is 2. The zero-order valence-corrected chi connectivity index (χ0v) is 13.4. The van der Waals surface area contributed by atoms with Crippen LogP contribution >= 0.6 is 0 Å². The zero-order valence-electron chi connectivity index (χ0n) is 13.4. The number of aromatic nitrogens is 3. The van der Waals surface area contributed by atoms with Gasteiger partial charge in [0.1, 0.15) is 0 Å². The first-order chi connectivity index (χ1) is 9.44. The third-order valence-corrected chi connectivity index (χ3v) is 3.68. The van der Waals surface area contributed by atoms with Gasteiger partial charge in [0.15, 0.2) is 0 Å². The first-order valence-electron chi connectivity index (χ1n) is 7.14. The summed E-state index contributed by atoms with van der Waals surface area (Å²) >= 11 is 0. The molecule has 0 amide bonds. The fourth-order valence-corrected chi connectivity index (χ4v) is 1.85. The van der Waals surface area contributed by atoms with Gasteiger partial charge >= 0.3 is 0 Å². The van der Waals surface area contributed by atoms with E-state index in [0.29, 0.717) is 29.8 Å². The van der Waals surface area contributed by atoms with Crippen LogP contribution in [0.2, 0.25) is 0 Å². The lowest BCUT2D eigenvalue weighted by Crippen LogP contribution is -2.35. The van der Waals surface area contributed by atoms with Crippen molar-refractivity contribution in [2.75, 3.05) is 35.4 Å². The van der Waals surface area contributed by atoms with Crippen LogP contribution in [0.1, 0.15) is 34.6 Å². The van der Waals surface area contributed by atoms with Crippen molar-refractivity contribution < 1.29 is 0 Å². The van der Waals surface area contributed by atoms with Crippen LogP contribution in [0.15, 0.2) is 0 Å². The molecule has 20 heavy (non-hydrogen) atoms. The van der Waals surface area contributed by atoms with Crippen LogP contribution in [-0.2, 0) is 0 Å². The Labute approximate surface area is 121 Å². The van der Waals surface area contributed by atoms with Crippen LogP contribution in [-0.4, -0.2) is 41.1 Å². The Morgan fingerprint density at radius 1 is 1.05 bits per heavy atom. The maximum atomic E-state index is 5.47. The van der Waals surface area contributed by atoms with Crippen LogP contribution in [0, 0.1) is 5.92 Å². The van der Waals surface area contributed by atoms with Crippen molar-refractivity contribution in [2.24, 2.45) is 11.8 Å². The van der Waals surface area contributed by atoms with Gasteiger partial charge in [-0.05, 0) is 26.7 Å². The van der Waals surface area contributed by atoms with E-state index in [4.69, 9.17) is 5.84 Å². The fraction of sp³-hybridized carbons (Fsp3) is 0.769. The molecule has 7 nitrogen and oxygen atoms in total. The molecule has 0 aliphatic heterocycles. The van der Waals surface area contributed by atoms with Gasteiger partial charge in [0.2, 0.25) is 17.8 Å². The summed E-state index contributed by atoms with van der Waals surface area (Å²) in [6.07, 6.45) is 0. The van der Waals surface area contributed by atoms with E-state index in [1.54, 1.807) is 0 Å². The van der Waals surface area contributed by atoms with Gasteiger partial charge in [-0.1, -0.05) is 13.8 Å². The summed E-state index contributed by atoms with van der Waals surface area (Å²) in [5.74, 6) is 7.64. The first-order valence-corrected chi connectivity index (χ1v) is 7.14. The highest BCUT2D eigenvalue weighted by Crippen LogP contribution is 2.19. The Kier molecular flexibility index (Phi) is 5.94. The Balaban J connectivity index is 3.16. The molecule has 3 N–H and O–H groups in total. The second-order valence-corrected chi connectivity index (χ2v) is 5.17. The van der Waals surface area contributed by atoms with Gasteiger partial charge in [-0.15, -0.1) is 0 Å². The van der Waals surface area contributed by atoms with Crippen molar-refractivity contribution >= 4 is 17.8 Å². The van der Waals surface area contributed by atoms with Crippen LogP contribution < -0.4 is 21.1 Å². The summed E-state index contributed by atoms with van der Waals surface area (Å²) in [5, 5.41) is 0. The molecule has 114 valence electrons. The molecular formula is C13H27N7. The van der Waals surface area contributed by atoms with Gasteiger partial charge in [0, 0.05) is 26.2 Å². The van der Waals surface area contributed by atoms with Gasteiger partial charge in [0.25, 0.3) is 0 Å². The van der Waals surface area contributed by atoms with Crippen LogP contribution in [0.5, 0.6) is 0 Å². The summed E-state index contributed by atoms with van der Waals surface area (Å²) < 4.78 is 0.